The highest BCUT2D eigenvalue weighted by atomic mass is 35.5. The molecule has 16 heavy (non-hydrogen) atoms. The summed E-state index contributed by atoms with van der Waals surface area (Å²) in [5.74, 6) is 6.20. The van der Waals surface area contributed by atoms with Crippen LogP contribution >= 0.6 is 22.9 Å². The fourth-order valence-electron chi connectivity index (χ4n) is 1.51. The van der Waals surface area contributed by atoms with Crippen molar-refractivity contribution in [1.82, 2.24) is 5.43 Å². The summed E-state index contributed by atoms with van der Waals surface area (Å²) in [5, 5.41) is 2.82. The van der Waals surface area contributed by atoms with Crippen molar-refractivity contribution in [3.63, 3.8) is 0 Å². The van der Waals surface area contributed by atoms with Gasteiger partial charge >= 0.3 is 0 Å². The third-order valence-electron chi connectivity index (χ3n) is 3.23. The van der Waals surface area contributed by atoms with Gasteiger partial charge in [-0.15, -0.1) is 11.3 Å². The van der Waals surface area contributed by atoms with Gasteiger partial charge in [0.15, 0.2) is 0 Å². The molecule has 0 aromatic carbocycles. The first-order valence-corrected chi connectivity index (χ1v) is 6.81. The second-order valence-corrected chi connectivity index (χ2v) is 6.71. The van der Waals surface area contributed by atoms with E-state index in [1.54, 1.807) is 11.3 Å². The van der Waals surface area contributed by atoms with Gasteiger partial charge in [0.25, 0.3) is 0 Å². The van der Waals surface area contributed by atoms with E-state index in [-0.39, 0.29) is 6.04 Å². The van der Waals surface area contributed by atoms with Crippen LogP contribution in [0.25, 0.3) is 0 Å². The molecule has 2 atom stereocenters. The van der Waals surface area contributed by atoms with Crippen LogP contribution in [0, 0.1) is 11.3 Å². The van der Waals surface area contributed by atoms with E-state index >= 15 is 0 Å². The molecule has 0 spiro atoms. The van der Waals surface area contributed by atoms with Crippen LogP contribution in [0.4, 0.5) is 0 Å². The normalized spacial score (nSPS) is 16.1. The van der Waals surface area contributed by atoms with E-state index in [0.717, 1.165) is 16.3 Å². The molecule has 0 saturated carbocycles. The number of nitrogens with two attached hydrogens (primary N) is 1. The molecule has 92 valence electrons. The van der Waals surface area contributed by atoms with Crippen molar-refractivity contribution in [2.24, 2.45) is 17.2 Å². The quantitative estimate of drug-likeness (QED) is 0.635. The summed E-state index contributed by atoms with van der Waals surface area (Å²) in [6, 6.07) is 2.08. The Bertz CT molecular complexity index is 330. The first-order valence-electron chi connectivity index (χ1n) is 5.55. The van der Waals surface area contributed by atoms with Gasteiger partial charge in [0.2, 0.25) is 0 Å². The smallest absolute Gasteiger partial charge is 0.0571 e. The van der Waals surface area contributed by atoms with Gasteiger partial charge in [0, 0.05) is 4.88 Å². The zero-order valence-electron chi connectivity index (χ0n) is 10.4. The maximum atomic E-state index is 6.13. The number of thiophene rings is 1. The summed E-state index contributed by atoms with van der Waals surface area (Å²) < 4.78 is 0. The summed E-state index contributed by atoms with van der Waals surface area (Å²) in [5.41, 5.74) is 3.16. The number of hydrogen-bond donors (Lipinski definition) is 2. The molecule has 1 heterocycles. The second kappa shape index (κ2) is 5.50. The zero-order chi connectivity index (χ0) is 12.3. The van der Waals surface area contributed by atoms with E-state index in [1.807, 2.05) is 11.4 Å². The van der Waals surface area contributed by atoms with Crippen molar-refractivity contribution in [2.45, 2.75) is 40.2 Å². The number of rotatable bonds is 4. The Morgan fingerprint density at radius 2 is 2.12 bits per heavy atom. The maximum Gasteiger partial charge on any atom is 0.0571 e. The average Bonchev–Trinajstić information content (AvgIpc) is 2.59. The monoisotopic (exact) mass is 260 g/mol. The van der Waals surface area contributed by atoms with Gasteiger partial charge in [-0.1, -0.05) is 39.3 Å². The van der Waals surface area contributed by atoms with Crippen LogP contribution in [0.2, 0.25) is 5.02 Å². The molecule has 0 saturated heterocycles. The summed E-state index contributed by atoms with van der Waals surface area (Å²) in [7, 11) is 0. The lowest BCUT2D eigenvalue weighted by Gasteiger charge is -2.30. The Balaban J connectivity index is 2.74. The molecule has 3 N–H and O–H groups in total. The highest BCUT2D eigenvalue weighted by Crippen LogP contribution is 2.36. The van der Waals surface area contributed by atoms with E-state index in [1.165, 1.54) is 0 Å². The Labute approximate surface area is 107 Å². The van der Waals surface area contributed by atoms with Gasteiger partial charge in [-0.25, -0.2) is 0 Å². The fourth-order valence-corrected chi connectivity index (χ4v) is 2.77. The molecule has 2 nitrogen and oxygen atoms in total. The van der Waals surface area contributed by atoms with E-state index in [4.69, 9.17) is 17.4 Å². The van der Waals surface area contributed by atoms with Crippen LogP contribution in [0.5, 0.6) is 0 Å². The molecular formula is C12H21ClN2S. The van der Waals surface area contributed by atoms with Crippen LogP contribution in [-0.2, 0) is 0 Å². The van der Waals surface area contributed by atoms with Crippen molar-refractivity contribution < 1.29 is 0 Å². The topological polar surface area (TPSA) is 38.0 Å². The van der Waals surface area contributed by atoms with Gasteiger partial charge in [-0.3, -0.25) is 11.3 Å². The summed E-state index contributed by atoms with van der Waals surface area (Å²) >= 11 is 7.79. The minimum absolute atomic E-state index is 0.154. The van der Waals surface area contributed by atoms with E-state index in [0.29, 0.717) is 11.3 Å². The molecule has 1 rings (SSSR count). The number of halogens is 1. The molecule has 0 radical (unpaired) electrons. The molecule has 1 aromatic heterocycles. The average molecular weight is 261 g/mol. The molecule has 0 aliphatic heterocycles. The van der Waals surface area contributed by atoms with Crippen LogP contribution in [0.3, 0.4) is 0 Å². The van der Waals surface area contributed by atoms with Crippen molar-refractivity contribution in [1.29, 1.82) is 0 Å². The fraction of sp³-hybridized carbons (Fsp3) is 0.667. The Morgan fingerprint density at radius 1 is 1.50 bits per heavy atom. The Kier molecular flexibility index (Phi) is 4.80. The molecular weight excluding hydrogens is 240 g/mol. The van der Waals surface area contributed by atoms with Crippen molar-refractivity contribution in [2.75, 3.05) is 0 Å². The largest absolute Gasteiger partial charge is 0.271 e. The number of nitrogens with one attached hydrogen (secondary N) is 1. The maximum absolute atomic E-state index is 6.13. The zero-order valence-corrected chi connectivity index (χ0v) is 12.0. The second-order valence-electron chi connectivity index (χ2n) is 5.35. The minimum Gasteiger partial charge on any atom is -0.271 e. The Morgan fingerprint density at radius 3 is 2.50 bits per heavy atom. The van der Waals surface area contributed by atoms with Gasteiger partial charge in [0.1, 0.15) is 0 Å². The summed E-state index contributed by atoms with van der Waals surface area (Å²) in [4.78, 5) is 1.14. The van der Waals surface area contributed by atoms with Gasteiger partial charge in [-0.05, 0) is 29.2 Å². The minimum atomic E-state index is 0.154. The molecule has 0 bridgehead atoms. The summed E-state index contributed by atoms with van der Waals surface area (Å²) in [6.07, 6.45) is 1.00. The number of hydrazine groups is 1. The van der Waals surface area contributed by atoms with Crippen LogP contribution in [0.1, 0.15) is 45.0 Å². The highest BCUT2D eigenvalue weighted by molar-refractivity contribution is 7.10. The van der Waals surface area contributed by atoms with Crippen molar-refractivity contribution >= 4 is 22.9 Å². The molecule has 1 aromatic rings. The first-order chi connectivity index (χ1) is 7.36. The predicted molar refractivity (Wildman–Crippen MR) is 72.6 cm³/mol. The SMILES string of the molecule is CC(CC(NN)c1sccc1Cl)C(C)(C)C. The number of hydrogen-bond acceptors (Lipinski definition) is 3. The molecule has 0 amide bonds. The third kappa shape index (κ3) is 3.45. The molecule has 2 unspecified atom stereocenters. The third-order valence-corrected chi connectivity index (χ3v) is 4.70. The summed E-state index contributed by atoms with van der Waals surface area (Å²) in [6.45, 7) is 9.01. The molecule has 0 fully saturated rings. The molecule has 4 heteroatoms. The van der Waals surface area contributed by atoms with Gasteiger partial charge < -0.3 is 0 Å². The Hall–Kier alpha value is -0.0900. The molecule has 0 aliphatic carbocycles. The van der Waals surface area contributed by atoms with E-state index < -0.39 is 0 Å². The standard InChI is InChI=1S/C12H21ClN2S/c1-8(12(2,3)4)7-10(15-14)11-9(13)5-6-16-11/h5-6,8,10,15H,7,14H2,1-4H3. The lowest BCUT2D eigenvalue weighted by atomic mass is 9.78. The van der Waals surface area contributed by atoms with Gasteiger partial charge in [-0.2, -0.15) is 0 Å². The van der Waals surface area contributed by atoms with Crippen LogP contribution in [-0.4, -0.2) is 0 Å². The lowest BCUT2D eigenvalue weighted by molar-refractivity contribution is 0.224. The highest BCUT2D eigenvalue weighted by Gasteiger charge is 2.25. The lowest BCUT2D eigenvalue weighted by Crippen LogP contribution is -2.31. The van der Waals surface area contributed by atoms with Gasteiger partial charge in [0.05, 0.1) is 11.1 Å². The molecule has 0 aliphatic rings. The van der Waals surface area contributed by atoms with E-state index in [9.17, 15) is 0 Å². The predicted octanol–water partition coefficient (Wildman–Crippen LogP) is 3.98. The van der Waals surface area contributed by atoms with Crippen LogP contribution < -0.4 is 11.3 Å². The first kappa shape index (κ1) is 14.0. The van der Waals surface area contributed by atoms with Crippen molar-refractivity contribution in [3.8, 4) is 0 Å². The van der Waals surface area contributed by atoms with E-state index in [2.05, 4.69) is 33.1 Å². The van der Waals surface area contributed by atoms with Crippen LogP contribution in [0.15, 0.2) is 11.4 Å². The van der Waals surface area contributed by atoms with Crippen molar-refractivity contribution in [3.05, 3.63) is 21.3 Å².